The summed E-state index contributed by atoms with van der Waals surface area (Å²) in [6.45, 7) is 14.1. The maximum Gasteiger partial charge on any atom is 0.0234 e. The zero-order valence-corrected chi connectivity index (χ0v) is 14.1. The summed E-state index contributed by atoms with van der Waals surface area (Å²) < 4.78 is 0. The van der Waals surface area contributed by atoms with E-state index in [9.17, 15) is 0 Å². The summed E-state index contributed by atoms with van der Waals surface area (Å²) in [4.78, 5) is 5.23. The number of benzene rings is 1. The molecule has 2 rings (SSSR count). The normalized spacial score (nSPS) is 17.5. The van der Waals surface area contributed by atoms with Crippen molar-refractivity contribution in [1.29, 1.82) is 0 Å². The summed E-state index contributed by atoms with van der Waals surface area (Å²) in [6, 6.07) is 9.20. The first-order chi connectivity index (χ1) is 10.2. The summed E-state index contributed by atoms with van der Waals surface area (Å²) in [5.41, 5.74) is 2.90. The van der Waals surface area contributed by atoms with Crippen LogP contribution >= 0.6 is 0 Å². The highest BCUT2D eigenvalue weighted by Gasteiger charge is 2.16. The van der Waals surface area contributed by atoms with E-state index in [1.54, 1.807) is 0 Å². The Hall–Kier alpha value is -0.860. The summed E-state index contributed by atoms with van der Waals surface area (Å²) in [5, 5.41) is 0. The monoisotopic (exact) mass is 288 g/mol. The molecule has 1 heterocycles. The molecule has 1 saturated heterocycles. The minimum Gasteiger partial charge on any atom is -0.301 e. The number of hydrogen-bond donors (Lipinski definition) is 0. The van der Waals surface area contributed by atoms with Gasteiger partial charge in [-0.2, -0.15) is 0 Å². The molecule has 118 valence electrons. The molecule has 1 aromatic rings. The lowest BCUT2D eigenvalue weighted by atomic mass is 10.0. The Morgan fingerprint density at radius 1 is 0.905 bits per heavy atom. The third-order valence-corrected chi connectivity index (χ3v) is 4.60. The van der Waals surface area contributed by atoms with E-state index in [0.29, 0.717) is 5.92 Å². The van der Waals surface area contributed by atoms with E-state index >= 15 is 0 Å². The molecule has 1 aromatic carbocycles. The molecule has 0 N–H and O–H groups in total. The Balaban J connectivity index is 1.73. The van der Waals surface area contributed by atoms with E-state index in [2.05, 4.69) is 54.8 Å². The summed E-state index contributed by atoms with van der Waals surface area (Å²) >= 11 is 0. The molecule has 0 unspecified atom stereocenters. The molecule has 2 heteroatoms. The van der Waals surface area contributed by atoms with Crippen LogP contribution < -0.4 is 0 Å². The summed E-state index contributed by atoms with van der Waals surface area (Å²) in [6.07, 6.45) is 4.07. The molecular formula is C19H32N2. The van der Waals surface area contributed by atoms with Gasteiger partial charge in [0.25, 0.3) is 0 Å². The first-order valence-corrected chi connectivity index (χ1v) is 8.72. The predicted molar refractivity (Wildman–Crippen MR) is 91.8 cm³/mol. The van der Waals surface area contributed by atoms with Crippen molar-refractivity contribution in [1.82, 2.24) is 9.80 Å². The van der Waals surface area contributed by atoms with Gasteiger partial charge in [0.2, 0.25) is 0 Å². The lowest BCUT2D eigenvalue weighted by Gasteiger charge is -2.34. The van der Waals surface area contributed by atoms with Gasteiger partial charge in [0.05, 0.1) is 0 Å². The Kier molecular flexibility index (Phi) is 6.72. The quantitative estimate of drug-likeness (QED) is 0.696. The van der Waals surface area contributed by atoms with Crippen molar-refractivity contribution >= 4 is 0 Å². The zero-order chi connectivity index (χ0) is 15.1. The van der Waals surface area contributed by atoms with Gasteiger partial charge in [0, 0.05) is 32.7 Å². The highest BCUT2D eigenvalue weighted by atomic mass is 15.3. The lowest BCUT2D eigenvalue weighted by molar-refractivity contribution is 0.125. The van der Waals surface area contributed by atoms with E-state index in [-0.39, 0.29) is 0 Å². The van der Waals surface area contributed by atoms with Gasteiger partial charge in [-0.1, -0.05) is 57.9 Å². The summed E-state index contributed by atoms with van der Waals surface area (Å²) in [7, 11) is 0. The van der Waals surface area contributed by atoms with Crippen LogP contribution in [0.4, 0.5) is 0 Å². The van der Waals surface area contributed by atoms with Gasteiger partial charge in [-0.05, 0) is 30.0 Å². The second kappa shape index (κ2) is 8.55. The van der Waals surface area contributed by atoms with Crippen LogP contribution in [-0.2, 0) is 6.54 Å². The Morgan fingerprint density at radius 2 is 1.52 bits per heavy atom. The van der Waals surface area contributed by atoms with E-state index < -0.39 is 0 Å². The molecule has 0 spiro atoms. The van der Waals surface area contributed by atoms with E-state index in [0.717, 1.165) is 6.54 Å². The average molecular weight is 288 g/mol. The summed E-state index contributed by atoms with van der Waals surface area (Å²) in [5.74, 6) is 0.630. The zero-order valence-electron chi connectivity index (χ0n) is 14.1. The van der Waals surface area contributed by atoms with Gasteiger partial charge >= 0.3 is 0 Å². The molecular weight excluding hydrogens is 256 g/mol. The van der Waals surface area contributed by atoms with Gasteiger partial charge in [0.1, 0.15) is 0 Å². The topological polar surface area (TPSA) is 6.48 Å². The highest BCUT2D eigenvalue weighted by Crippen LogP contribution is 2.16. The largest absolute Gasteiger partial charge is 0.301 e. The fraction of sp³-hybridized carbons (Fsp3) is 0.684. The Labute approximate surface area is 131 Å². The molecule has 0 aliphatic carbocycles. The lowest BCUT2D eigenvalue weighted by Crippen LogP contribution is -2.46. The molecule has 0 bridgehead atoms. The van der Waals surface area contributed by atoms with Gasteiger partial charge in [-0.3, -0.25) is 4.90 Å². The fourth-order valence-corrected chi connectivity index (χ4v) is 3.02. The van der Waals surface area contributed by atoms with Gasteiger partial charge < -0.3 is 4.90 Å². The molecule has 0 saturated carbocycles. The van der Waals surface area contributed by atoms with Crippen molar-refractivity contribution in [2.75, 3.05) is 32.7 Å². The van der Waals surface area contributed by atoms with Crippen LogP contribution in [0.25, 0.3) is 0 Å². The Bertz CT molecular complexity index is 389. The van der Waals surface area contributed by atoms with Crippen LogP contribution in [0.2, 0.25) is 0 Å². The van der Waals surface area contributed by atoms with Crippen molar-refractivity contribution in [3.8, 4) is 0 Å². The molecule has 1 aliphatic rings. The maximum atomic E-state index is 2.63. The van der Waals surface area contributed by atoms with Crippen molar-refractivity contribution in [2.24, 2.45) is 0 Å². The van der Waals surface area contributed by atoms with Crippen molar-refractivity contribution < 1.29 is 0 Å². The van der Waals surface area contributed by atoms with Crippen LogP contribution in [-0.4, -0.2) is 42.5 Å². The standard InChI is InChI=1S/C19H32N2/c1-4-5-6-11-20-12-14-21(15-13-20)16-18-7-9-19(10-8-18)17(2)3/h7-10,17H,4-6,11-16H2,1-3H3. The van der Waals surface area contributed by atoms with Crippen LogP contribution in [0, 0.1) is 0 Å². The number of piperazine rings is 1. The third kappa shape index (κ3) is 5.44. The first kappa shape index (κ1) is 16.5. The minimum atomic E-state index is 0.630. The van der Waals surface area contributed by atoms with Crippen molar-refractivity contribution in [3.63, 3.8) is 0 Å². The fourth-order valence-electron chi connectivity index (χ4n) is 3.02. The molecule has 0 atom stereocenters. The SMILES string of the molecule is CCCCCN1CCN(Cc2ccc(C(C)C)cc2)CC1. The number of unbranched alkanes of at least 4 members (excludes halogenated alkanes) is 2. The van der Waals surface area contributed by atoms with Crippen LogP contribution in [0.1, 0.15) is 57.1 Å². The number of hydrogen-bond acceptors (Lipinski definition) is 2. The highest BCUT2D eigenvalue weighted by molar-refractivity contribution is 5.24. The molecule has 21 heavy (non-hydrogen) atoms. The van der Waals surface area contributed by atoms with Gasteiger partial charge in [-0.15, -0.1) is 0 Å². The van der Waals surface area contributed by atoms with Crippen LogP contribution in [0.3, 0.4) is 0 Å². The Morgan fingerprint density at radius 3 is 2.10 bits per heavy atom. The van der Waals surface area contributed by atoms with Gasteiger partial charge in [0.15, 0.2) is 0 Å². The molecule has 0 radical (unpaired) electrons. The average Bonchev–Trinajstić information content (AvgIpc) is 2.50. The second-order valence-electron chi connectivity index (χ2n) is 6.72. The van der Waals surface area contributed by atoms with E-state index in [1.165, 1.54) is 63.1 Å². The molecule has 2 nitrogen and oxygen atoms in total. The predicted octanol–water partition coefficient (Wildman–Crippen LogP) is 4.12. The third-order valence-electron chi connectivity index (χ3n) is 4.60. The minimum absolute atomic E-state index is 0.630. The molecule has 0 aromatic heterocycles. The van der Waals surface area contributed by atoms with Crippen molar-refractivity contribution in [3.05, 3.63) is 35.4 Å². The second-order valence-corrected chi connectivity index (χ2v) is 6.72. The molecule has 1 fully saturated rings. The van der Waals surface area contributed by atoms with E-state index in [4.69, 9.17) is 0 Å². The smallest absolute Gasteiger partial charge is 0.0234 e. The molecule has 0 amide bonds. The number of rotatable bonds is 7. The van der Waals surface area contributed by atoms with Gasteiger partial charge in [-0.25, -0.2) is 0 Å². The van der Waals surface area contributed by atoms with Crippen molar-refractivity contribution in [2.45, 2.75) is 52.5 Å². The number of nitrogens with zero attached hydrogens (tertiary/aromatic N) is 2. The maximum absolute atomic E-state index is 2.63. The van der Waals surface area contributed by atoms with Crippen LogP contribution in [0.15, 0.2) is 24.3 Å². The first-order valence-electron chi connectivity index (χ1n) is 8.72. The van der Waals surface area contributed by atoms with Crippen LogP contribution in [0.5, 0.6) is 0 Å². The molecule has 1 aliphatic heterocycles. The van der Waals surface area contributed by atoms with E-state index in [1.807, 2.05) is 0 Å².